The number of carboxylic acid groups (broad SMARTS) is 1. The molecule has 1 aromatic heterocycles. The van der Waals surface area contributed by atoms with Crippen LogP contribution in [0.25, 0.3) is 0 Å². The van der Waals surface area contributed by atoms with E-state index in [1.165, 1.54) is 11.8 Å². The second-order valence-corrected chi connectivity index (χ2v) is 6.61. The summed E-state index contributed by atoms with van der Waals surface area (Å²) in [7, 11) is 0. The number of ether oxygens (including phenoxy) is 1. The quantitative estimate of drug-likeness (QED) is 0.861. The van der Waals surface area contributed by atoms with Gasteiger partial charge in [-0.2, -0.15) is 0 Å². The van der Waals surface area contributed by atoms with Crippen LogP contribution in [0.2, 0.25) is 0 Å². The Hall–Kier alpha value is -1.27. The van der Waals surface area contributed by atoms with Gasteiger partial charge in [0.2, 0.25) is 0 Å². The lowest BCUT2D eigenvalue weighted by Gasteiger charge is -2.28. The first-order chi connectivity index (χ1) is 9.49. The second kappa shape index (κ2) is 6.45. The third kappa shape index (κ3) is 3.43. The highest BCUT2D eigenvalue weighted by Gasteiger charge is 2.21. The third-order valence-corrected chi connectivity index (χ3v) is 4.06. The van der Waals surface area contributed by atoms with Crippen LogP contribution < -0.4 is 4.90 Å². The molecule has 1 aliphatic heterocycles. The predicted octanol–water partition coefficient (Wildman–Crippen LogP) is 2.43. The van der Waals surface area contributed by atoms with E-state index in [4.69, 9.17) is 4.74 Å². The van der Waals surface area contributed by atoms with E-state index in [0.29, 0.717) is 29.1 Å². The van der Waals surface area contributed by atoms with Crippen LogP contribution in [0.4, 0.5) is 5.82 Å². The van der Waals surface area contributed by atoms with Crippen molar-refractivity contribution in [2.45, 2.75) is 31.0 Å². The van der Waals surface area contributed by atoms with Crippen molar-refractivity contribution in [1.29, 1.82) is 0 Å². The number of aromatic carboxylic acids is 1. The summed E-state index contributed by atoms with van der Waals surface area (Å²) < 4.78 is 5.34. The molecule has 0 saturated carbocycles. The molecule has 6 heteroatoms. The molecule has 0 atom stereocenters. The van der Waals surface area contributed by atoms with Crippen molar-refractivity contribution >= 4 is 23.5 Å². The Bertz CT molecular complexity index is 499. The number of thioether (sulfide) groups is 1. The molecule has 20 heavy (non-hydrogen) atoms. The Balaban J connectivity index is 2.39. The van der Waals surface area contributed by atoms with Gasteiger partial charge in [0.05, 0.1) is 18.8 Å². The van der Waals surface area contributed by atoms with Crippen molar-refractivity contribution in [2.75, 3.05) is 31.2 Å². The Morgan fingerprint density at radius 3 is 2.65 bits per heavy atom. The van der Waals surface area contributed by atoms with Gasteiger partial charge in [-0.3, -0.25) is 0 Å². The molecule has 0 amide bonds. The number of hydrogen-bond donors (Lipinski definition) is 1. The van der Waals surface area contributed by atoms with Crippen LogP contribution in [-0.2, 0) is 4.74 Å². The molecule has 0 aromatic carbocycles. The maximum Gasteiger partial charge on any atom is 0.338 e. The Kier molecular flexibility index (Phi) is 4.88. The van der Waals surface area contributed by atoms with Gasteiger partial charge in [-0.15, -0.1) is 11.8 Å². The standard InChI is InChI=1S/C14H20N2O3S/c1-9(2)20-13-12(14(17)18)10(3)8-11(15-13)16-4-6-19-7-5-16/h8-9H,4-7H2,1-3H3,(H,17,18). The van der Waals surface area contributed by atoms with E-state index in [2.05, 4.69) is 9.88 Å². The number of anilines is 1. The number of aromatic nitrogens is 1. The molecule has 0 spiro atoms. The fourth-order valence-electron chi connectivity index (χ4n) is 2.15. The lowest BCUT2D eigenvalue weighted by atomic mass is 10.1. The zero-order valence-electron chi connectivity index (χ0n) is 12.0. The van der Waals surface area contributed by atoms with Crippen LogP contribution in [0.15, 0.2) is 11.1 Å². The predicted molar refractivity (Wildman–Crippen MR) is 80.0 cm³/mol. The number of hydrogen-bond acceptors (Lipinski definition) is 5. The molecule has 0 radical (unpaired) electrons. The van der Waals surface area contributed by atoms with Crippen LogP contribution >= 0.6 is 11.8 Å². The molecule has 1 fully saturated rings. The normalized spacial score (nSPS) is 15.7. The number of carboxylic acids is 1. The molecule has 1 N–H and O–H groups in total. The summed E-state index contributed by atoms with van der Waals surface area (Å²) in [5, 5.41) is 10.3. The Labute approximate surface area is 123 Å². The minimum Gasteiger partial charge on any atom is -0.478 e. The van der Waals surface area contributed by atoms with Crippen molar-refractivity contribution in [1.82, 2.24) is 4.98 Å². The minimum absolute atomic E-state index is 0.292. The molecule has 1 saturated heterocycles. The largest absolute Gasteiger partial charge is 0.478 e. The number of carbonyl (C=O) groups is 1. The van der Waals surface area contributed by atoms with Crippen LogP contribution in [0.3, 0.4) is 0 Å². The SMILES string of the molecule is Cc1cc(N2CCOCC2)nc(SC(C)C)c1C(=O)O. The first kappa shape index (κ1) is 15.1. The highest BCUT2D eigenvalue weighted by molar-refractivity contribution is 7.99. The maximum atomic E-state index is 11.4. The van der Waals surface area contributed by atoms with Gasteiger partial charge in [-0.1, -0.05) is 13.8 Å². The molecule has 1 aliphatic rings. The highest BCUT2D eigenvalue weighted by atomic mass is 32.2. The van der Waals surface area contributed by atoms with Gasteiger partial charge < -0.3 is 14.7 Å². The van der Waals surface area contributed by atoms with Gasteiger partial charge in [0.15, 0.2) is 0 Å². The monoisotopic (exact) mass is 296 g/mol. The van der Waals surface area contributed by atoms with Gasteiger partial charge in [-0.25, -0.2) is 9.78 Å². The number of morpholine rings is 1. The number of rotatable bonds is 4. The highest BCUT2D eigenvalue weighted by Crippen LogP contribution is 2.30. The Morgan fingerprint density at radius 1 is 1.45 bits per heavy atom. The lowest BCUT2D eigenvalue weighted by molar-refractivity contribution is 0.0691. The smallest absolute Gasteiger partial charge is 0.338 e. The van der Waals surface area contributed by atoms with Gasteiger partial charge in [0, 0.05) is 18.3 Å². The van der Waals surface area contributed by atoms with E-state index in [1.807, 2.05) is 26.8 Å². The molecule has 0 aliphatic carbocycles. The summed E-state index contributed by atoms with van der Waals surface area (Å²) in [6.07, 6.45) is 0. The van der Waals surface area contributed by atoms with E-state index in [1.54, 1.807) is 0 Å². The molecule has 1 aromatic rings. The van der Waals surface area contributed by atoms with Crippen LogP contribution in [0, 0.1) is 6.92 Å². The van der Waals surface area contributed by atoms with E-state index < -0.39 is 5.97 Å². The summed E-state index contributed by atoms with van der Waals surface area (Å²) >= 11 is 1.50. The fraction of sp³-hybridized carbons (Fsp3) is 0.571. The van der Waals surface area contributed by atoms with Gasteiger partial charge in [0.25, 0.3) is 0 Å². The molecule has 2 rings (SSSR count). The first-order valence-corrected chi connectivity index (χ1v) is 7.61. The molecular weight excluding hydrogens is 276 g/mol. The van der Waals surface area contributed by atoms with Crippen LogP contribution in [0.1, 0.15) is 29.8 Å². The average molecular weight is 296 g/mol. The van der Waals surface area contributed by atoms with Crippen molar-refractivity contribution in [3.63, 3.8) is 0 Å². The molecule has 2 heterocycles. The fourth-order valence-corrected chi connectivity index (χ4v) is 3.11. The molecule has 110 valence electrons. The van der Waals surface area contributed by atoms with Crippen molar-refractivity contribution in [3.05, 3.63) is 17.2 Å². The van der Waals surface area contributed by atoms with E-state index in [0.717, 1.165) is 24.5 Å². The molecule has 5 nitrogen and oxygen atoms in total. The number of nitrogens with zero attached hydrogens (tertiary/aromatic N) is 2. The van der Waals surface area contributed by atoms with Crippen molar-refractivity contribution in [2.24, 2.45) is 0 Å². The molecular formula is C14H20N2O3S. The summed E-state index contributed by atoms with van der Waals surface area (Å²) in [6.45, 7) is 8.88. The second-order valence-electron chi connectivity index (χ2n) is 5.05. The van der Waals surface area contributed by atoms with Gasteiger partial charge >= 0.3 is 5.97 Å². The lowest BCUT2D eigenvalue weighted by Crippen LogP contribution is -2.37. The number of pyridine rings is 1. The van der Waals surface area contributed by atoms with Crippen molar-refractivity contribution in [3.8, 4) is 0 Å². The summed E-state index contributed by atoms with van der Waals surface area (Å²) in [5.41, 5.74) is 1.08. The summed E-state index contributed by atoms with van der Waals surface area (Å²) in [6, 6.07) is 1.86. The third-order valence-electron chi connectivity index (χ3n) is 3.07. The van der Waals surface area contributed by atoms with Gasteiger partial charge in [-0.05, 0) is 18.6 Å². The van der Waals surface area contributed by atoms with Crippen LogP contribution in [0.5, 0.6) is 0 Å². The summed E-state index contributed by atoms with van der Waals surface area (Å²) in [4.78, 5) is 18.1. The topological polar surface area (TPSA) is 62.7 Å². The van der Waals surface area contributed by atoms with E-state index >= 15 is 0 Å². The minimum atomic E-state index is -0.910. The zero-order chi connectivity index (χ0) is 14.7. The maximum absolute atomic E-state index is 11.4. The summed E-state index contributed by atoms with van der Waals surface area (Å²) in [5.74, 6) is -0.0642. The number of aryl methyl sites for hydroxylation is 1. The van der Waals surface area contributed by atoms with Gasteiger partial charge in [0.1, 0.15) is 10.8 Å². The van der Waals surface area contributed by atoms with E-state index in [-0.39, 0.29) is 0 Å². The van der Waals surface area contributed by atoms with E-state index in [9.17, 15) is 9.90 Å². The molecule has 0 unspecified atom stereocenters. The first-order valence-electron chi connectivity index (χ1n) is 6.73. The Morgan fingerprint density at radius 2 is 2.10 bits per heavy atom. The molecule has 0 bridgehead atoms. The average Bonchev–Trinajstić information content (AvgIpc) is 2.38. The van der Waals surface area contributed by atoms with Crippen molar-refractivity contribution < 1.29 is 14.6 Å². The van der Waals surface area contributed by atoms with Crippen LogP contribution in [-0.4, -0.2) is 47.6 Å². The zero-order valence-corrected chi connectivity index (χ0v) is 12.9.